The summed E-state index contributed by atoms with van der Waals surface area (Å²) in [5.74, 6) is -2.66. The van der Waals surface area contributed by atoms with E-state index in [1.807, 2.05) is 168 Å². The lowest BCUT2D eigenvalue weighted by Gasteiger charge is -2.25. The van der Waals surface area contributed by atoms with Gasteiger partial charge in [0.05, 0.1) is 24.9 Å². The van der Waals surface area contributed by atoms with Crippen LogP contribution < -0.4 is 31.5 Å². The zero-order valence-electron chi connectivity index (χ0n) is 36.0. The predicted molar refractivity (Wildman–Crippen MR) is 254 cm³/mol. The Morgan fingerprint density at radius 2 is 0.544 bits per heavy atom. The van der Waals surface area contributed by atoms with Crippen molar-refractivity contribution in [3.63, 3.8) is 0 Å². The maximum Gasteiger partial charge on any atom is 0.272 e. The Labute approximate surface area is 389 Å². The van der Waals surface area contributed by atoms with Crippen molar-refractivity contribution < 1.29 is 38.1 Å². The Morgan fingerprint density at radius 3 is 0.779 bits per heavy atom. The number of carbonyl (C=O) groups is 4. The van der Waals surface area contributed by atoms with Gasteiger partial charge in [-0.1, -0.05) is 84.9 Å². The number of hydrazone groups is 4. The van der Waals surface area contributed by atoms with Gasteiger partial charge in [-0.05, 0) is 95.1 Å². The van der Waals surface area contributed by atoms with Crippen LogP contribution in [0.4, 0.5) is 34.1 Å². The standard InChI is InChI=1S/C50H42N10O8/c61-47-43-45(67-31-65-43)49(63)57-53-29-35-15-23-41(24-16-35)60(38-9-5-2-6-10-38)42-25-17-36(18-26-42)30-54-58-50(64)46-44(66-32-68-46)48(62)56-52-28-34-13-21-40(22-14-34)59(37-7-3-1-4-8-37)39-19-11-33(12-20-39)27-51-55-47/h1-30,43-46H,31-32H2,(H,55,61)(H,56,62)(H,57,63)(H,58,64)/b51-27+,52-28+,53-29+,54-30+/t43-,44-,45-,46-/m1/s1. The summed E-state index contributed by atoms with van der Waals surface area (Å²) in [6, 6.07) is 49.5. The average Bonchev–Trinajstić information content (AvgIpc) is 4.09. The Hall–Kier alpha value is -8.68. The van der Waals surface area contributed by atoms with E-state index in [1.165, 1.54) is 24.9 Å². The first-order valence-corrected chi connectivity index (χ1v) is 21.3. The van der Waals surface area contributed by atoms with Gasteiger partial charge in [0.1, 0.15) is 13.6 Å². The summed E-state index contributed by atoms with van der Waals surface area (Å²) in [4.78, 5) is 56.6. The smallest absolute Gasteiger partial charge is 0.272 e. The van der Waals surface area contributed by atoms with E-state index in [2.05, 4.69) is 42.1 Å². The van der Waals surface area contributed by atoms with Gasteiger partial charge in [0.15, 0.2) is 24.4 Å². The first-order chi connectivity index (χ1) is 33.4. The molecular weight excluding hydrogens is 869 g/mol. The van der Waals surface area contributed by atoms with Gasteiger partial charge in [-0.3, -0.25) is 19.2 Å². The van der Waals surface area contributed by atoms with Gasteiger partial charge >= 0.3 is 0 Å². The van der Waals surface area contributed by atoms with Gasteiger partial charge in [0.25, 0.3) is 23.6 Å². The van der Waals surface area contributed by atoms with Crippen molar-refractivity contribution in [2.75, 3.05) is 23.4 Å². The van der Waals surface area contributed by atoms with Crippen molar-refractivity contribution in [3.05, 3.63) is 180 Å². The summed E-state index contributed by atoms with van der Waals surface area (Å²) in [5.41, 5.74) is 17.7. The van der Waals surface area contributed by atoms with Crippen molar-refractivity contribution in [2.45, 2.75) is 24.4 Å². The summed E-state index contributed by atoms with van der Waals surface area (Å²) in [6.45, 7) is -0.532. The van der Waals surface area contributed by atoms with E-state index in [-0.39, 0.29) is 13.6 Å². The van der Waals surface area contributed by atoms with E-state index < -0.39 is 48.0 Å². The molecule has 9 heterocycles. The van der Waals surface area contributed by atoms with Crippen LogP contribution in [0.25, 0.3) is 0 Å². The van der Waals surface area contributed by atoms with E-state index in [4.69, 9.17) is 18.9 Å². The molecule has 68 heavy (non-hydrogen) atoms. The van der Waals surface area contributed by atoms with Gasteiger partial charge < -0.3 is 28.7 Å². The van der Waals surface area contributed by atoms with E-state index >= 15 is 0 Å². The van der Waals surface area contributed by atoms with Gasteiger partial charge in [-0.2, -0.15) is 20.4 Å². The number of para-hydroxylation sites is 2. The summed E-state index contributed by atoms with van der Waals surface area (Å²) < 4.78 is 21.8. The minimum absolute atomic E-state index is 0.266. The van der Waals surface area contributed by atoms with Crippen LogP contribution in [-0.2, 0) is 38.1 Å². The van der Waals surface area contributed by atoms with Crippen molar-refractivity contribution >= 4 is 82.6 Å². The van der Waals surface area contributed by atoms with Gasteiger partial charge in [0.2, 0.25) is 0 Å². The number of hydrogen-bond donors (Lipinski definition) is 4. The summed E-state index contributed by atoms with van der Waals surface area (Å²) in [7, 11) is 0. The second-order valence-corrected chi connectivity index (χ2v) is 15.2. The normalized spacial score (nSPS) is 22.2. The second kappa shape index (κ2) is 21.1. The van der Waals surface area contributed by atoms with Crippen LogP contribution in [0.3, 0.4) is 0 Å². The molecule has 0 aliphatic carbocycles. The molecule has 9 aliphatic heterocycles. The first-order valence-electron chi connectivity index (χ1n) is 21.3. The molecule has 0 radical (unpaired) electrons. The molecule has 4 atom stereocenters. The van der Waals surface area contributed by atoms with E-state index in [0.717, 1.165) is 34.1 Å². The van der Waals surface area contributed by atoms with E-state index in [0.29, 0.717) is 22.3 Å². The van der Waals surface area contributed by atoms with Crippen LogP contribution in [0, 0.1) is 0 Å². The van der Waals surface area contributed by atoms with Gasteiger partial charge in [-0.25, -0.2) is 21.7 Å². The topological polar surface area (TPSA) is 209 Å². The molecule has 0 saturated carbocycles. The number of nitrogens with one attached hydrogen (secondary N) is 4. The van der Waals surface area contributed by atoms with Crippen LogP contribution in [0.15, 0.2) is 178 Å². The number of nitrogens with zero attached hydrogens (tertiary/aromatic N) is 6. The lowest BCUT2D eigenvalue weighted by molar-refractivity contribution is -0.137. The van der Waals surface area contributed by atoms with Crippen molar-refractivity contribution in [1.82, 2.24) is 21.7 Å². The number of rotatable bonds is 2. The molecule has 0 spiro atoms. The number of benzene rings is 6. The third-order valence-electron chi connectivity index (χ3n) is 10.8. The number of ether oxygens (including phenoxy) is 4. The highest BCUT2D eigenvalue weighted by atomic mass is 16.7. The minimum atomic E-state index is -1.26. The lowest BCUT2D eigenvalue weighted by atomic mass is 10.1. The maximum atomic E-state index is 13.1. The minimum Gasteiger partial charge on any atom is -0.339 e. The first kappa shape index (κ1) is 44.5. The third-order valence-corrected chi connectivity index (χ3v) is 10.8. The van der Waals surface area contributed by atoms with Crippen molar-refractivity contribution in [3.8, 4) is 0 Å². The van der Waals surface area contributed by atoms with Crippen LogP contribution >= 0.6 is 0 Å². The fourth-order valence-electron chi connectivity index (χ4n) is 7.40. The average molecular weight is 911 g/mol. The highest BCUT2D eigenvalue weighted by Crippen LogP contribution is 2.36. The molecule has 9 aliphatic rings. The molecule has 15 rings (SSSR count). The molecule has 0 unspecified atom stereocenters. The second-order valence-electron chi connectivity index (χ2n) is 15.2. The zero-order chi connectivity index (χ0) is 46.7. The van der Waals surface area contributed by atoms with Gasteiger partial charge in [-0.15, -0.1) is 0 Å². The maximum absolute atomic E-state index is 13.1. The Kier molecular flexibility index (Phi) is 13.8. The lowest BCUT2D eigenvalue weighted by Crippen LogP contribution is -2.45. The van der Waals surface area contributed by atoms with E-state index in [9.17, 15) is 19.2 Å². The highest BCUT2D eigenvalue weighted by molar-refractivity contribution is 5.94. The fraction of sp³-hybridized carbons (Fsp3) is 0.120. The molecular formula is C50H42N10O8. The van der Waals surface area contributed by atoms with Crippen molar-refractivity contribution in [1.29, 1.82) is 0 Å². The fourth-order valence-corrected chi connectivity index (χ4v) is 7.40. The zero-order valence-corrected chi connectivity index (χ0v) is 36.0. The molecule has 18 heteroatoms. The van der Waals surface area contributed by atoms with E-state index in [1.54, 1.807) is 0 Å². The molecule has 2 saturated heterocycles. The quantitative estimate of drug-likeness (QED) is 0.169. The molecule has 8 bridgehead atoms. The molecule has 0 aromatic heterocycles. The number of anilines is 6. The molecule has 18 nitrogen and oxygen atoms in total. The molecule has 4 N–H and O–H groups in total. The summed E-state index contributed by atoms with van der Waals surface area (Å²) >= 11 is 0. The predicted octanol–water partition coefficient (Wildman–Crippen LogP) is 5.62. The van der Waals surface area contributed by atoms with Crippen LogP contribution in [0.2, 0.25) is 0 Å². The number of hydrogen-bond acceptors (Lipinski definition) is 14. The molecule has 2 fully saturated rings. The highest BCUT2D eigenvalue weighted by Gasteiger charge is 2.41. The molecule has 6 aromatic rings. The monoisotopic (exact) mass is 910 g/mol. The van der Waals surface area contributed by atoms with Crippen LogP contribution in [0.1, 0.15) is 22.3 Å². The SMILES string of the molecule is O=C1N/N=C/c2ccc(cc2)N(c2ccccc2)c2ccc(cc2)/C=N/NC(=O)[C@@H]2OCO[C@H]2C(=O)N/N=C/c2ccc(cc2)N(c2ccccc2)c2ccc(cc2)/C=N/NC(=O)[C@@H]2OCO[C@@H]12. The third kappa shape index (κ3) is 10.5. The van der Waals surface area contributed by atoms with Crippen molar-refractivity contribution in [2.24, 2.45) is 20.4 Å². The largest absolute Gasteiger partial charge is 0.339 e. The molecule has 4 amide bonds. The molecule has 6 aromatic carbocycles. The Balaban J connectivity index is 0.962. The summed E-state index contributed by atoms with van der Waals surface area (Å²) in [6.07, 6.45) is 0.852. The Morgan fingerprint density at radius 1 is 0.324 bits per heavy atom. The summed E-state index contributed by atoms with van der Waals surface area (Å²) in [5, 5.41) is 16.4. The number of carbonyl (C=O) groups excluding carboxylic acids is 4. The van der Waals surface area contributed by atoms with Crippen LogP contribution in [0.5, 0.6) is 0 Å². The Bertz CT molecular complexity index is 2490. The van der Waals surface area contributed by atoms with Crippen LogP contribution in [-0.4, -0.2) is 86.5 Å². The van der Waals surface area contributed by atoms with Gasteiger partial charge in [0, 0.05) is 34.1 Å². The molecule has 340 valence electrons. The number of amides is 4.